The maximum Gasteiger partial charge on any atom is 0.304 e. The molecule has 0 spiro atoms. The zero-order chi connectivity index (χ0) is 14.9. The lowest BCUT2D eigenvalue weighted by Crippen LogP contribution is -2.43. The van der Waals surface area contributed by atoms with Crippen LogP contribution in [0.25, 0.3) is 0 Å². The van der Waals surface area contributed by atoms with Crippen LogP contribution in [0.3, 0.4) is 0 Å². The number of benzene rings is 1. The molecule has 1 aromatic rings. The molecule has 9 heteroatoms. The van der Waals surface area contributed by atoms with Crippen LogP contribution in [0.1, 0.15) is 19.3 Å². The fourth-order valence-electron chi connectivity index (χ4n) is 2.21. The van der Waals surface area contributed by atoms with Crippen LogP contribution in [0.15, 0.2) is 23.1 Å². The molecule has 1 aliphatic rings. The second-order valence-electron chi connectivity index (χ2n) is 4.69. The molecule has 1 aromatic carbocycles. The second-order valence-corrected chi connectivity index (χ2v) is 6.41. The molecular weight excluding hydrogens is 289 g/mol. The lowest BCUT2D eigenvalue weighted by atomic mass is 10.2. The third kappa shape index (κ3) is 2.94. The predicted molar refractivity (Wildman–Crippen MR) is 69.0 cm³/mol. The van der Waals surface area contributed by atoms with Gasteiger partial charge >= 0.3 is 5.69 Å². The maximum atomic E-state index is 13.5. The lowest BCUT2D eigenvalue weighted by Gasteiger charge is -2.17. The van der Waals surface area contributed by atoms with Crippen LogP contribution in [0.5, 0.6) is 0 Å². The Bertz CT molecular complexity index is 635. The number of nitrogens with two attached hydrogens (primary N) is 1. The Kier molecular flexibility index (Phi) is 4.02. The highest BCUT2D eigenvalue weighted by molar-refractivity contribution is 7.89. The monoisotopic (exact) mass is 303 g/mol. The van der Waals surface area contributed by atoms with Gasteiger partial charge in [-0.25, -0.2) is 13.1 Å². The Balaban J connectivity index is 2.25. The summed E-state index contributed by atoms with van der Waals surface area (Å²) in [5.41, 5.74) is 5.01. The molecule has 2 rings (SSSR count). The van der Waals surface area contributed by atoms with Gasteiger partial charge < -0.3 is 5.73 Å². The number of nitro groups is 1. The van der Waals surface area contributed by atoms with Crippen LogP contribution >= 0.6 is 0 Å². The van der Waals surface area contributed by atoms with Crippen LogP contribution in [0, 0.1) is 15.9 Å². The van der Waals surface area contributed by atoms with E-state index in [9.17, 15) is 22.9 Å². The first-order chi connectivity index (χ1) is 9.31. The lowest BCUT2D eigenvalue weighted by molar-refractivity contribution is -0.387. The number of nitro benzene ring substituents is 1. The van der Waals surface area contributed by atoms with Gasteiger partial charge in [0.1, 0.15) is 0 Å². The molecule has 0 bridgehead atoms. The number of hydrogen-bond acceptors (Lipinski definition) is 5. The van der Waals surface area contributed by atoms with Crippen molar-refractivity contribution in [2.45, 2.75) is 36.2 Å². The molecule has 0 radical (unpaired) electrons. The van der Waals surface area contributed by atoms with E-state index in [2.05, 4.69) is 4.72 Å². The van der Waals surface area contributed by atoms with E-state index in [0.29, 0.717) is 12.5 Å². The summed E-state index contributed by atoms with van der Waals surface area (Å²) >= 11 is 0. The largest absolute Gasteiger partial charge is 0.326 e. The number of rotatable bonds is 4. The molecule has 1 aliphatic carbocycles. The zero-order valence-electron chi connectivity index (χ0n) is 10.5. The number of nitrogens with zero attached hydrogens (tertiary/aromatic N) is 1. The van der Waals surface area contributed by atoms with Crippen molar-refractivity contribution in [1.29, 1.82) is 0 Å². The van der Waals surface area contributed by atoms with Crippen molar-refractivity contribution >= 4 is 15.7 Å². The first-order valence-corrected chi connectivity index (χ1v) is 7.51. The summed E-state index contributed by atoms with van der Waals surface area (Å²) in [5, 5.41) is 10.5. The molecular formula is C11H14FN3O4S. The number of hydrogen-bond donors (Lipinski definition) is 2. The summed E-state index contributed by atoms with van der Waals surface area (Å²) in [6.45, 7) is 0. The van der Waals surface area contributed by atoms with Crippen molar-refractivity contribution in [3.8, 4) is 0 Å². The van der Waals surface area contributed by atoms with E-state index < -0.39 is 32.5 Å². The van der Waals surface area contributed by atoms with Gasteiger partial charge in [0.2, 0.25) is 15.8 Å². The van der Waals surface area contributed by atoms with E-state index in [-0.39, 0.29) is 10.9 Å². The zero-order valence-corrected chi connectivity index (χ0v) is 11.3. The second kappa shape index (κ2) is 5.43. The summed E-state index contributed by atoms with van der Waals surface area (Å²) in [7, 11) is -3.93. The SMILES string of the molecule is NC1CCCC1NS(=O)(=O)c1ccc([N+](=O)[O-])c(F)c1. The van der Waals surface area contributed by atoms with Gasteiger partial charge in [0, 0.05) is 24.2 Å². The van der Waals surface area contributed by atoms with E-state index in [1.165, 1.54) is 0 Å². The van der Waals surface area contributed by atoms with E-state index in [0.717, 1.165) is 25.0 Å². The van der Waals surface area contributed by atoms with Gasteiger partial charge in [-0.05, 0) is 18.9 Å². The molecule has 3 N–H and O–H groups in total. The highest BCUT2D eigenvalue weighted by Crippen LogP contribution is 2.23. The van der Waals surface area contributed by atoms with Crippen molar-refractivity contribution in [3.05, 3.63) is 34.1 Å². The third-order valence-electron chi connectivity index (χ3n) is 3.30. The minimum Gasteiger partial charge on any atom is -0.326 e. The first kappa shape index (κ1) is 14.8. The molecule has 2 unspecified atom stereocenters. The fourth-order valence-corrected chi connectivity index (χ4v) is 3.54. The average molecular weight is 303 g/mol. The minimum absolute atomic E-state index is 0.271. The number of nitrogens with one attached hydrogen (secondary N) is 1. The third-order valence-corrected chi connectivity index (χ3v) is 4.79. The van der Waals surface area contributed by atoms with Gasteiger partial charge in [-0.1, -0.05) is 6.42 Å². The van der Waals surface area contributed by atoms with Gasteiger partial charge in [-0.15, -0.1) is 0 Å². The van der Waals surface area contributed by atoms with E-state index >= 15 is 0 Å². The summed E-state index contributed by atoms with van der Waals surface area (Å²) in [5.74, 6) is -1.19. The maximum absolute atomic E-state index is 13.5. The Morgan fingerprint density at radius 3 is 2.60 bits per heavy atom. The molecule has 1 saturated carbocycles. The summed E-state index contributed by atoms with van der Waals surface area (Å²) in [4.78, 5) is 9.23. The fraction of sp³-hybridized carbons (Fsp3) is 0.455. The number of sulfonamides is 1. The molecule has 0 saturated heterocycles. The average Bonchev–Trinajstić information content (AvgIpc) is 2.73. The Morgan fingerprint density at radius 1 is 1.40 bits per heavy atom. The van der Waals surface area contributed by atoms with Gasteiger partial charge in [0.05, 0.1) is 9.82 Å². The molecule has 0 aliphatic heterocycles. The molecule has 0 aromatic heterocycles. The van der Waals surface area contributed by atoms with Crippen molar-refractivity contribution in [2.75, 3.05) is 0 Å². The highest BCUT2D eigenvalue weighted by Gasteiger charge is 2.29. The quantitative estimate of drug-likeness (QED) is 0.633. The predicted octanol–water partition coefficient (Wildman–Crippen LogP) is 0.892. The van der Waals surface area contributed by atoms with Crippen LogP contribution in [-0.2, 0) is 10.0 Å². The number of halogens is 1. The van der Waals surface area contributed by atoms with E-state index in [4.69, 9.17) is 5.73 Å². The Labute approximate surface area is 115 Å². The Morgan fingerprint density at radius 2 is 2.10 bits per heavy atom. The molecule has 7 nitrogen and oxygen atoms in total. The highest BCUT2D eigenvalue weighted by atomic mass is 32.2. The van der Waals surface area contributed by atoms with Crippen molar-refractivity contribution in [3.63, 3.8) is 0 Å². The summed E-state index contributed by atoms with van der Waals surface area (Å²) < 4.78 is 40.0. The Hall–Kier alpha value is -1.58. The normalized spacial score (nSPS) is 22.9. The van der Waals surface area contributed by atoms with Crippen LogP contribution < -0.4 is 10.5 Å². The van der Waals surface area contributed by atoms with Crippen molar-refractivity contribution < 1.29 is 17.7 Å². The van der Waals surface area contributed by atoms with Gasteiger partial charge in [-0.2, -0.15) is 4.39 Å². The summed E-state index contributed by atoms with van der Waals surface area (Å²) in [6, 6.07) is 1.81. The van der Waals surface area contributed by atoms with Crippen LogP contribution in [0.2, 0.25) is 0 Å². The molecule has 0 amide bonds. The molecule has 1 fully saturated rings. The van der Waals surface area contributed by atoms with Crippen molar-refractivity contribution in [1.82, 2.24) is 4.72 Å². The molecule has 110 valence electrons. The minimum atomic E-state index is -3.93. The van der Waals surface area contributed by atoms with Gasteiger partial charge in [0.15, 0.2) is 0 Å². The summed E-state index contributed by atoms with van der Waals surface area (Å²) in [6.07, 6.45) is 2.17. The smallest absolute Gasteiger partial charge is 0.304 e. The van der Waals surface area contributed by atoms with E-state index in [1.54, 1.807) is 0 Å². The molecule has 20 heavy (non-hydrogen) atoms. The van der Waals surface area contributed by atoms with Gasteiger partial charge in [-0.3, -0.25) is 10.1 Å². The van der Waals surface area contributed by atoms with E-state index in [1.807, 2.05) is 0 Å². The van der Waals surface area contributed by atoms with Crippen LogP contribution in [0.4, 0.5) is 10.1 Å². The molecule has 2 atom stereocenters. The van der Waals surface area contributed by atoms with Crippen molar-refractivity contribution in [2.24, 2.45) is 5.73 Å². The standard InChI is InChI=1S/C11H14FN3O4S/c12-8-6-7(4-5-11(8)15(16)17)20(18,19)14-10-3-1-2-9(10)13/h4-6,9-10,14H,1-3,13H2. The first-order valence-electron chi connectivity index (χ1n) is 6.03. The van der Waals surface area contributed by atoms with Gasteiger partial charge in [0.25, 0.3) is 0 Å². The topological polar surface area (TPSA) is 115 Å². The van der Waals surface area contributed by atoms with Crippen LogP contribution in [-0.4, -0.2) is 25.4 Å². The molecule has 0 heterocycles.